The Bertz CT molecular complexity index is 311. The second kappa shape index (κ2) is 7.01. The molecule has 3 heteroatoms. The number of ether oxygens (including phenoxy) is 1. The van der Waals surface area contributed by atoms with Crippen LogP contribution in [0.3, 0.4) is 0 Å². The van der Waals surface area contributed by atoms with Gasteiger partial charge in [0.15, 0.2) is 0 Å². The zero-order chi connectivity index (χ0) is 11.8. The molecule has 0 aliphatic carbocycles. The van der Waals surface area contributed by atoms with Crippen LogP contribution in [0, 0.1) is 5.92 Å². The van der Waals surface area contributed by atoms with Crippen LogP contribution in [-0.2, 0) is 16.1 Å². The topological polar surface area (TPSA) is 38.3 Å². The molecule has 88 valence electrons. The van der Waals surface area contributed by atoms with Crippen LogP contribution in [0.1, 0.15) is 18.9 Å². The van der Waals surface area contributed by atoms with E-state index in [0.717, 1.165) is 12.0 Å². The summed E-state index contributed by atoms with van der Waals surface area (Å²) in [5.74, 6) is 0.0157. The van der Waals surface area contributed by atoms with Crippen molar-refractivity contribution in [2.45, 2.75) is 19.9 Å². The molecule has 1 atom stereocenters. The van der Waals surface area contributed by atoms with Crippen LogP contribution in [0.4, 0.5) is 0 Å². The fourth-order valence-electron chi connectivity index (χ4n) is 1.51. The molecular formula is C13H19NO2. The van der Waals surface area contributed by atoms with E-state index < -0.39 is 0 Å². The van der Waals surface area contributed by atoms with Gasteiger partial charge in [0.05, 0.1) is 12.5 Å². The molecule has 0 heterocycles. The first kappa shape index (κ1) is 12.7. The van der Waals surface area contributed by atoms with Crippen molar-refractivity contribution in [1.29, 1.82) is 0 Å². The molecule has 0 radical (unpaired) electrons. The maximum Gasteiger partial charge on any atom is 0.225 e. The standard InChI is InChI=1S/C13H19NO2/c1-3-12(10-16-2)13(15)14-9-11-7-5-4-6-8-11/h4-8,12H,3,9-10H2,1-2H3,(H,14,15). The molecule has 1 aromatic carbocycles. The molecule has 1 N–H and O–H groups in total. The molecule has 3 nitrogen and oxygen atoms in total. The summed E-state index contributed by atoms with van der Waals surface area (Å²) in [7, 11) is 1.62. The van der Waals surface area contributed by atoms with Crippen molar-refractivity contribution in [2.75, 3.05) is 13.7 Å². The molecule has 0 fully saturated rings. The van der Waals surface area contributed by atoms with Gasteiger partial charge in [0.25, 0.3) is 0 Å². The average molecular weight is 221 g/mol. The van der Waals surface area contributed by atoms with E-state index in [2.05, 4.69) is 5.32 Å². The predicted octanol–water partition coefficient (Wildman–Crippen LogP) is 1.98. The first-order valence-electron chi connectivity index (χ1n) is 5.58. The number of hydrogen-bond acceptors (Lipinski definition) is 2. The summed E-state index contributed by atoms with van der Waals surface area (Å²) in [6.45, 7) is 3.06. The predicted molar refractivity (Wildman–Crippen MR) is 63.9 cm³/mol. The highest BCUT2D eigenvalue weighted by Crippen LogP contribution is 2.04. The Morgan fingerprint density at radius 2 is 2.06 bits per heavy atom. The maximum atomic E-state index is 11.7. The van der Waals surface area contributed by atoms with Crippen LogP contribution in [0.5, 0.6) is 0 Å². The normalized spacial score (nSPS) is 12.1. The molecular weight excluding hydrogens is 202 g/mol. The van der Waals surface area contributed by atoms with Gasteiger partial charge in [-0.3, -0.25) is 4.79 Å². The smallest absolute Gasteiger partial charge is 0.225 e. The first-order valence-corrected chi connectivity index (χ1v) is 5.58. The van der Waals surface area contributed by atoms with Crippen LogP contribution < -0.4 is 5.32 Å². The van der Waals surface area contributed by atoms with Gasteiger partial charge in [-0.25, -0.2) is 0 Å². The van der Waals surface area contributed by atoms with Crippen LogP contribution in [0.2, 0.25) is 0 Å². The van der Waals surface area contributed by atoms with Crippen molar-refractivity contribution in [3.05, 3.63) is 35.9 Å². The summed E-state index contributed by atoms with van der Waals surface area (Å²) in [6.07, 6.45) is 0.800. The molecule has 1 amide bonds. The molecule has 0 spiro atoms. The molecule has 1 unspecified atom stereocenters. The number of benzene rings is 1. The Kier molecular flexibility index (Phi) is 5.57. The SMILES string of the molecule is CCC(COC)C(=O)NCc1ccccc1. The monoisotopic (exact) mass is 221 g/mol. The summed E-state index contributed by atoms with van der Waals surface area (Å²) < 4.78 is 5.01. The van der Waals surface area contributed by atoms with Gasteiger partial charge in [-0.1, -0.05) is 37.3 Å². The summed E-state index contributed by atoms with van der Waals surface area (Å²) in [6, 6.07) is 9.89. The lowest BCUT2D eigenvalue weighted by molar-refractivity contribution is -0.126. The number of carbonyl (C=O) groups excluding carboxylic acids is 1. The zero-order valence-corrected chi connectivity index (χ0v) is 9.90. The van der Waals surface area contributed by atoms with Crippen LogP contribution in [0.25, 0.3) is 0 Å². The molecule has 0 saturated carbocycles. The summed E-state index contributed by atoms with van der Waals surface area (Å²) >= 11 is 0. The lowest BCUT2D eigenvalue weighted by Crippen LogP contribution is -2.32. The van der Waals surface area contributed by atoms with E-state index in [9.17, 15) is 4.79 Å². The molecule has 0 aromatic heterocycles. The van der Waals surface area contributed by atoms with Gasteiger partial charge in [0, 0.05) is 13.7 Å². The highest BCUT2D eigenvalue weighted by Gasteiger charge is 2.15. The number of hydrogen-bond donors (Lipinski definition) is 1. The first-order chi connectivity index (χ1) is 7.77. The number of methoxy groups -OCH3 is 1. The highest BCUT2D eigenvalue weighted by molar-refractivity contribution is 5.78. The van der Waals surface area contributed by atoms with Gasteiger partial charge < -0.3 is 10.1 Å². The molecule has 16 heavy (non-hydrogen) atoms. The van der Waals surface area contributed by atoms with Crippen LogP contribution in [-0.4, -0.2) is 19.6 Å². The van der Waals surface area contributed by atoms with E-state index in [1.807, 2.05) is 37.3 Å². The molecule has 0 bridgehead atoms. The second-order valence-electron chi connectivity index (χ2n) is 3.76. The van der Waals surface area contributed by atoms with E-state index in [0.29, 0.717) is 13.2 Å². The Hall–Kier alpha value is -1.35. The van der Waals surface area contributed by atoms with Crippen LogP contribution >= 0.6 is 0 Å². The van der Waals surface area contributed by atoms with E-state index in [1.54, 1.807) is 7.11 Å². The molecule has 0 aliphatic heterocycles. The number of amides is 1. The third kappa shape index (κ3) is 4.03. The van der Waals surface area contributed by atoms with E-state index in [1.165, 1.54) is 0 Å². The van der Waals surface area contributed by atoms with Gasteiger partial charge in [-0.05, 0) is 12.0 Å². The van der Waals surface area contributed by atoms with Crippen LogP contribution in [0.15, 0.2) is 30.3 Å². The quantitative estimate of drug-likeness (QED) is 0.797. The fourth-order valence-corrected chi connectivity index (χ4v) is 1.51. The van der Waals surface area contributed by atoms with Gasteiger partial charge >= 0.3 is 0 Å². The number of rotatable bonds is 6. The Balaban J connectivity index is 2.40. The Labute approximate surface area is 96.8 Å². The van der Waals surface area contributed by atoms with Gasteiger partial charge in [0.2, 0.25) is 5.91 Å². The molecule has 1 aromatic rings. The molecule has 1 rings (SSSR count). The Morgan fingerprint density at radius 3 is 2.62 bits per heavy atom. The van der Waals surface area contributed by atoms with Crippen molar-refractivity contribution in [3.8, 4) is 0 Å². The van der Waals surface area contributed by atoms with Crippen molar-refractivity contribution < 1.29 is 9.53 Å². The van der Waals surface area contributed by atoms with Gasteiger partial charge in [-0.15, -0.1) is 0 Å². The maximum absolute atomic E-state index is 11.7. The largest absolute Gasteiger partial charge is 0.384 e. The van der Waals surface area contributed by atoms with Gasteiger partial charge in [-0.2, -0.15) is 0 Å². The molecule has 0 saturated heterocycles. The van der Waals surface area contributed by atoms with E-state index >= 15 is 0 Å². The highest BCUT2D eigenvalue weighted by atomic mass is 16.5. The van der Waals surface area contributed by atoms with Crippen molar-refractivity contribution in [3.63, 3.8) is 0 Å². The molecule has 0 aliphatic rings. The average Bonchev–Trinajstić information content (AvgIpc) is 2.34. The fraction of sp³-hybridized carbons (Fsp3) is 0.462. The second-order valence-corrected chi connectivity index (χ2v) is 3.76. The van der Waals surface area contributed by atoms with Crippen molar-refractivity contribution in [1.82, 2.24) is 5.32 Å². The minimum absolute atomic E-state index is 0.0475. The van der Waals surface area contributed by atoms with E-state index in [4.69, 9.17) is 4.74 Å². The zero-order valence-electron chi connectivity index (χ0n) is 9.90. The number of nitrogens with one attached hydrogen (secondary N) is 1. The van der Waals surface area contributed by atoms with Crippen molar-refractivity contribution in [2.24, 2.45) is 5.92 Å². The minimum Gasteiger partial charge on any atom is -0.384 e. The lowest BCUT2D eigenvalue weighted by atomic mass is 10.1. The minimum atomic E-state index is -0.0475. The van der Waals surface area contributed by atoms with Crippen molar-refractivity contribution >= 4 is 5.91 Å². The van der Waals surface area contributed by atoms with Gasteiger partial charge in [0.1, 0.15) is 0 Å². The third-order valence-electron chi connectivity index (χ3n) is 2.54. The summed E-state index contributed by atoms with van der Waals surface area (Å²) in [4.78, 5) is 11.7. The third-order valence-corrected chi connectivity index (χ3v) is 2.54. The summed E-state index contributed by atoms with van der Waals surface area (Å²) in [5, 5.41) is 2.92. The Morgan fingerprint density at radius 1 is 1.38 bits per heavy atom. The summed E-state index contributed by atoms with van der Waals surface area (Å²) in [5.41, 5.74) is 1.11. The number of carbonyl (C=O) groups is 1. The lowest BCUT2D eigenvalue weighted by Gasteiger charge is -2.13. The van der Waals surface area contributed by atoms with E-state index in [-0.39, 0.29) is 11.8 Å².